The predicted octanol–water partition coefficient (Wildman–Crippen LogP) is 2.21. The van der Waals surface area contributed by atoms with E-state index in [9.17, 15) is 19.8 Å². The maximum atomic E-state index is 13.0. The Morgan fingerprint density at radius 1 is 1.16 bits per heavy atom. The van der Waals surface area contributed by atoms with Crippen LogP contribution in [0.25, 0.3) is 0 Å². The van der Waals surface area contributed by atoms with Crippen LogP contribution in [0.1, 0.15) is 70.6 Å². The molecule has 25 heavy (non-hydrogen) atoms. The molecule has 5 rings (SSSR count). The lowest BCUT2D eigenvalue weighted by Gasteiger charge is -2.44. The minimum absolute atomic E-state index is 0.0230. The zero-order valence-electron chi connectivity index (χ0n) is 14.0. The lowest BCUT2D eigenvalue weighted by molar-refractivity contribution is 0.0630. The molecule has 130 valence electrons. The molecule has 0 saturated heterocycles. The first kappa shape index (κ1) is 15.3. The van der Waals surface area contributed by atoms with Gasteiger partial charge in [-0.25, -0.2) is 0 Å². The summed E-state index contributed by atoms with van der Waals surface area (Å²) in [6.45, 7) is 2.42. The van der Waals surface area contributed by atoms with Crippen LogP contribution in [0.2, 0.25) is 0 Å². The molecule has 0 spiro atoms. The van der Waals surface area contributed by atoms with Crippen molar-refractivity contribution in [2.75, 3.05) is 6.61 Å². The average molecular weight is 340 g/mol. The Balaban J connectivity index is 1.78. The summed E-state index contributed by atoms with van der Waals surface area (Å²) in [6, 6.07) is 3.52. The number of carbonyl (C=O) groups excluding carboxylic acids is 2. The highest BCUT2D eigenvalue weighted by Gasteiger charge is 2.53. The summed E-state index contributed by atoms with van der Waals surface area (Å²) < 4.78 is 5.70. The van der Waals surface area contributed by atoms with E-state index in [-0.39, 0.29) is 17.5 Å². The van der Waals surface area contributed by atoms with Crippen LogP contribution in [0.3, 0.4) is 0 Å². The smallest absolute Gasteiger partial charge is 0.227 e. The normalized spacial score (nSPS) is 35.9. The highest BCUT2D eigenvalue weighted by Crippen LogP contribution is 2.55. The van der Waals surface area contributed by atoms with Crippen LogP contribution in [0, 0.1) is 5.92 Å². The molecule has 1 aromatic rings. The number of allylic oxidation sites excluding steroid dienone is 1. The van der Waals surface area contributed by atoms with Gasteiger partial charge in [0.05, 0.1) is 18.8 Å². The number of hydrogen-bond donors (Lipinski definition) is 2. The molecule has 0 aromatic heterocycles. The minimum Gasteiger partial charge on any atom is -0.489 e. The van der Waals surface area contributed by atoms with Crippen molar-refractivity contribution < 1.29 is 24.5 Å². The van der Waals surface area contributed by atoms with Gasteiger partial charge < -0.3 is 14.9 Å². The van der Waals surface area contributed by atoms with Crippen molar-refractivity contribution in [2.45, 2.75) is 50.2 Å². The lowest BCUT2D eigenvalue weighted by atomic mass is 9.58. The van der Waals surface area contributed by atoms with Crippen LogP contribution in [-0.4, -0.2) is 34.5 Å². The van der Waals surface area contributed by atoms with Crippen molar-refractivity contribution in [3.05, 3.63) is 45.7 Å². The van der Waals surface area contributed by atoms with E-state index in [1.165, 1.54) is 0 Å². The fourth-order valence-corrected chi connectivity index (χ4v) is 5.16. The number of Topliss-reactive ketones (excluding diaryl/α,β-unsaturated/α-hetero) is 2. The Labute approximate surface area is 145 Å². The Morgan fingerprint density at radius 2 is 1.96 bits per heavy atom. The number of hydrogen-bond acceptors (Lipinski definition) is 5. The zero-order valence-corrected chi connectivity index (χ0v) is 14.0. The summed E-state index contributed by atoms with van der Waals surface area (Å²) in [4.78, 5) is 25.3. The van der Waals surface area contributed by atoms with E-state index in [2.05, 4.69) is 6.92 Å². The summed E-state index contributed by atoms with van der Waals surface area (Å²) in [5.41, 5.74) is 2.98. The largest absolute Gasteiger partial charge is 0.489 e. The molecule has 5 heteroatoms. The molecule has 0 bridgehead atoms. The van der Waals surface area contributed by atoms with Crippen molar-refractivity contribution in [3.8, 4) is 0 Å². The predicted molar refractivity (Wildman–Crippen MR) is 88.4 cm³/mol. The van der Waals surface area contributed by atoms with Crippen molar-refractivity contribution in [1.29, 1.82) is 0 Å². The molecule has 0 amide bonds. The first-order chi connectivity index (χ1) is 11.9. The molecule has 1 aromatic carbocycles. The van der Waals surface area contributed by atoms with E-state index >= 15 is 0 Å². The molecule has 5 nitrogen and oxygen atoms in total. The molecular weight excluding hydrogens is 320 g/mol. The third kappa shape index (κ3) is 1.80. The second kappa shape index (κ2) is 4.80. The third-order valence-corrected chi connectivity index (χ3v) is 6.56. The summed E-state index contributed by atoms with van der Waals surface area (Å²) in [5.74, 6) is -0.00389. The van der Waals surface area contributed by atoms with E-state index in [1.807, 2.05) is 6.07 Å². The number of benzene rings is 1. The van der Waals surface area contributed by atoms with Crippen LogP contribution < -0.4 is 0 Å². The number of carbonyl (C=O) groups is 2. The Hall–Kier alpha value is -1.98. The van der Waals surface area contributed by atoms with Crippen molar-refractivity contribution in [3.63, 3.8) is 0 Å². The second-order valence-corrected chi connectivity index (χ2v) is 7.89. The van der Waals surface area contributed by atoms with Crippen molar-refractivity contribution in [1.82, 2.24) is 0 Å². The second-order valence-electron chi connectivity index (χ2n) is 7.89. The monoisotopic (exact) mass is 340 g/mol. The molecule has 4 aliphatic rings. The number of rotatable bonds is 0. The summed E-state index contributed by atoms with van der Waals surface area (Å²) >= 11 is 0. The number of fused-ring (bicyclic) bond motifs is 3. The third-order valence-electron chi connectivity index (χ3n) is 6.56. The fraction of sp³-hybridized carbons (Fsp3) is 0.500. The van der Waals surface area contributed by atoms with Crippen LogP contribution in [0.5, 0.6) is 0 Å². The average Bonchev–Trinajstić information content (AvgIpc) is 3.06. The number of aliphatic hydroxyl groups excluding tert-OH is 2. The highest BCUT2D eigenvalue weighted by atomic mass is 16.5. The molecule has 2 N–H and O–H groups in total. The summed E-state index contributed by atoms with van der Waals surface area (Å²) in [6.07, 6.45) is 0.936. The SMILES string of the molecule is CC12CCC(O)C3COC(=C31)C(=O)c1cc3c(cc12)C(O)CCC3=O. The van der Waals surface area contributed by atoms with Gasteiger partial charge in [-0.05, 0) is 42.0 Å². The van der Waals surface area contributed by atoms with Gasteiger partial charge in [-0.15, -0.1) is 0 Å². The Kier molecular flexibility index (Phi) is 2.94. The standard InChI is InChI=1S/C20H20O5/c1-20-5-4-16(23)12-8-25-19(17(12)20)18(24)11-6-9-10(7-13(11)20)15(22)3-2-14(9)21/h6-7,12,15-16,22-23H,2-5,8H2,1H3. The van der Waals surface area contributed by atoms with Crippen molar-refractivity contribution >= 4 is 11.6 Å². The molecule has 4 atom stereocenters. The number of aliphatic hydroxyl groups is 2. The maximum Gasteiger partial charge on any atom is 0.227 e. The van der Waals surface area contributed by atoms with Crippen molar-refractivity contribution in [2.24, 2.45) is 5.92 Å². The number of ether oxygens (including phenoxy) is 1. The van der Waals surface area contributed by atoms with Gasteiger partial charge in [-0.1, -0.05) is 13.0 Å². The van der Waals surface area contributed by atoms with E-state index in [0.717, 1.165) is 17.6 Å². The maximum absolute atomic E-state index is 13.0. The van der Waals surface area contributed by atoms with Gasteiger partial charge in [0.1, 0.15) is 0 Å². The summed E-state index contributed by atoms with van der Waals surface area (Å²) in [5, 5.41) is 20.7. The van der Waals surface area contributed by atoms with Gasteiger partial charge in [0, 0.05) is 28.9 Å². The topological polar surface area (TPSA) is 83.8 Å². The molecule has 0 radical (unpaired) electrons. The summed E-state index contributed by atoms with van der Waals surface area (Å²) in [7, 11) is 0. The first-order valence-corrected chi connectivity index (χ1v) is 8.91. The van der Waals surface area contributed by atoms with Gasteiger partial charge in [-0.2, -0.15) is 0 Å². The fourth-order valence-electron chi connectivity index (χ4n) is 5.16. The van der Waals surface area contributed by atoms with E-state index in [4.69, 9.17) is 4.74 Å². The Bertz CT molecular complexity index is 867. The van der Waals surface area contributed by atoms with Gasteiger partial charge in [0.25, 0.3) is 0 Å². The van der Waals surface area contributed by atoms with Crippen LogP contribution in [-0.2, 0) is 10.2 Å². The molecule has 4 unspecified atom stereocenters. The van der Waals surface area contributed by atoms with E-state index < -0.39 is 17.6 Å². The molecule has 1 aliphatic heterocycles. The molecule has 1 saturated carbocycles. The number of ketones is 2. The van der Waals surface area contributed by atoms with E-state index in [1.54, 1.807) is 6.07 Å². The van der Waals surface area contributed by atoms with Gasteiger partial charge >= 0.3 is 0 Å². The highest BCUT2D eigenvalue weighted by molar-refractivity contribution is 6.13. The van der Waals surface area contributed by atoms with Crippen LogP contribution in [0.4, 0.5) is 0 Å². The molecular formula is C20H20O5. The van der Waals surface area contributed by atoms with Gasteiger partial charge in [0.2, 0.25) is 5.78 Å². The zero-order chi connectivity index (χ0) is 17.5. The van der Waals surface area contributed by atoms with Crippen LogP contribution in [0.15, 0.2) is 23.5 Å². The quantitative estimate of drug-likeness (QED) is 0.756. The lowest BCUT2D eigenvalue weighted by Crippen LogP contribution is -2.43. The molecule has 1 fully saturated rings. The van der Waals surface area contributed by atoms with Gasteiger partial charge in [0.15, 0.2) is 11.5 Å². The Morgan fingerprint density at radius 3 is 2.76 bits per heavy atom. The molecule has 1 heterocycles. The van der Waals surface area contributed by atoms with Gasteiger partial charge in [-0.3, -0.25) is 9.59 Å². The first-order valence-electron chi connectivity index (χ1n) is 8.91. The van der Waals surface area contributed by atoms with E-state index in [0.29, 0.717) is 48.3 Å². The van der Waals surface area contributed by atoms with Crippen LogP contribution >= 0.6 is 0 Å². The minimum atomic E-state index is -0.670. The molecule has 3 aliphatic carbocycles.